The maximum absolute atomic E-state index is 12.8. The van der Waals surface area contributed by atoms with Crippen LogP contribution in [-0.2, 0) is 14.6 Å². The average Bonchev–Trinajstić information content (AvgIpc) is 3.14. The minimum Gasteiger partial charge on any atom is -0.368 e. The molecule has 0 atom stereocenters. The fourth-order valence-electron chi connectivity index (χ4n) is 3.92. The molecule has 0 unspecified atom stereocenters. The number of carbonyl (C=O) groups is 1. The Kier molecular flexibility index (Phi) is 5.09. The number of nitrogens with zero attached hydrogens (tertiary/aromatic N) is 5. The Labute approximate surface area is 165 Å². The van der Waals surface area contributed by atoms with Gasteiger partial charge in [-0.25, -0.2) is 13.1 Å². The maximum Gasteiger partial charge on any atom is 0.225 e. The van der Waals surface area contributed by atoms with Crippen LogP contribution in [0, 0.1) is 12.8 Å². The van der Waals surface area contributed by atoms with Crippen molar-refractivity contribution in [3.05, 3.63) is 36.4 Å². The molecule has 0 saturated carbocycles. The van der Waals surface area contributed by atoms with Gasteiger partial charge in [-0.1, -0.05) is 0 Å². The quantitative estimate of drug-likeness (QED) is 0.761. The second-order valence-electron chi connectivity index (χ2n) is 7.57. The van der Waals surface area contributed by atoms with E-state index in [1.165, 1.54) is 0 Å². The number of aromatic nitrogens is 3. The molecule has 0 aromatic carbocycles. The van der Waals surface area contributed by atoms with Crippen molar-refractivity contribution in [1.29, 1.82) is 0 Å². The summed E-state index contributed by atoms with van der Waals surface area (Å²) >= 11 is 0. The Morgan fingerprint density at radius 3 is 2.43 bits per heavy atom. The van der Waals surface area contributed by atoms with Gasteiger partial charge >= 0.3 is 0 Å². The highest BCUT2D eigenvalue weighted by Gasteiger charge is 2.32. The van der Waals surface area contributed by atoms with E-state index < -0.39 is 9.84 Å². The van der Waals surface area contributed by atoms with Crippen molar-refractivity contribution in [2.75, 3.05) is 42.6 Å². The van der Waals surface area contributed by atoms with Crippen LogP contribution in [0.5, 0.6) is 0 Å². The van der Waals surface area contributed by atoms with Crippen molar-refractivity contribution in [2.24, 2.45) is 5.92 Å². The molecule has 2 fully saturated rings. The van der Waals surface area contributed by atoms with Crippen LogP contribution in [0.1, 0.15) is 18.4 Å². The highest BCUT2D eigenvalue weighted by Crippen LogP contribution is 2.29. The van der Waals surface area contributed by atoms with Gasteiger partial charge < -0.3 is 9.80 Å². The van der Waals surface area contributed by atoms with Crippen LogP contribution in [0.2, 0.25) is 0 Å². The molecule has 2 aliphatic rings. The fourth-order valence-corrected chi connectivity index (χ4v) is 5.12. The van der Waals surface area contributed by atoms with Crippen molar-refractivity contribution in [3.8, 4) is 5.69 Å². The molecule has 8 nitrogen and oxygen atoms in total. The van der Waals surface area contributed by atoms with Gasteiger partial charge in [-0.2, -0.15) is 5.10 Å². The number of amides is 1. The zero-order valence-electron chi connectivity index (χ0n) is 16.0. The van der Waals surface area contributed by atoms with E-state index in [1.807, 2.05) is 36.3 Å². The highest BCUT2D eigenvalue weighted by atomic mass is 32.2. The second kappa shape index (κ2) is 7.54. The Morgan fingerprint density at radius 1 is 1.07 bits per heavy atom. The summed E-state index contributed by atoms with van der Waals surface area (Å²) in [6.07, 6.45) is 8.94. The minimum atomic E-state index is -2.97. The molecule has 150 valence electrons. The van der Waals surface area contributed by atoms with Gasteiger partial charge in [-0.3, -0.25) is 9.78 Å². The summed E-state index contributed by atoms with van der Waals surface area (Å²) in [5.74, 6) is 0.229. The zero-order valence-corrected chi connectivity index (χ0v) is 16.8. The standard InChI is InChI=1S/C19H25N5O3S/c1-15-12-21-24(14-15)17-2-5-20-13-18(17)22-6-3-16(4-7-22)19(25)23-8-10-28(26,27)11-9-23/h2,5,12-14,16H,3-4,6-11H2,1H3. The predicted octanol–water partition coefficient (Wildman–Crippen LogP) is 1.05. The second-order valence-corrected chi connectivity index (χ2v) is 9.87. The first-order valence-electron chi connectivity index (χ1n) is 9.63. The number of carbonyl (C=O) groups excluding carboxylic acids is 1. The van der Waals surface area contributed by atoms with E-state index >= 15 is 0 Å². The van der Waals surface area contributed by atoms with Crippen LogP contribution in [0.25, 0.3) is 5.69 Å². The largest absolute Gasteiger partial charge is 0.368 e. The summed E-state index contributed by atoms with van der Waals surface area (Å²) in [6, 6.07) is 1.95. The molecule has 4 heterocycles. The normalized spacial score (nSPS) is 20.3. The average molecular weight is 404 g/mol. The molecule has 0 aliphatic carbocycles. The van der Waals surface area contributed by atoms with Gasteiger partial charge in [0.1, 0.15) is 0 Å². The van der Waals surface area contributed by atoms with Crippen LogP contribution in [0.4, 0.5) is 5.69 Å². The number of rotatable bonds is 3. The Bertz CT molecular complexity index is 949. The van der Waals surface area contributed by atoms with Gasteiger partial charge in [-0.15, -0.1) is 0 Å². The number of pyridine rings is 1. The third-order valence-corrected chi connectivity index (χ3v) is 7.19. The molecule has 4 rings (SSSR count). The summed E-state index contributed by atoms with van der Waals surface area (Å²) in [7, 11) is -2.97. The first-order chi connectivity index (χ1) is 13.4. The Balaban J connectivity index is 1.42. The molecule has 0 bridgehead atoms. The number of anilines is 1. The minimum absolute atomic E-state index is 0.0378. The first kappa shape index (κ1) is 18.9. The third-order valence-electron chi connectivity index (χ3n) is 5.58. The Morgan fingerprint density at radius 2 is 1.79 bits per heavy atom. The maximum atomic E-state index is 12.8. The molecular formula is C19H25N5O3S. The number of hydrogen-bond donors (Lipinski definition) is 0. The lowest BCUT2D eigenvalue weighted by Crippen LogP contribution is -2.48. The van der Waals surface area contributed by atoms with Gasteiger partial charge in [0.15, 0.2) is 9.84 Å². The van der Waals surface area contributed by atoms with Gasteiger partial charge in [0, 0.05) is 44.5 Å². The summed E-state index contributed by atoms with van der Waals surface area (Å²) in [6.45, 7) is 4.19. The van der Waals surface area contributed by atoms with Crippen molar-refractivity contribution >= 4 is 21.4 Å². The summed E-state index contributed by atoms with van der Waals surface area (Å²) < 4.78 is 25.0. The van der Waals surface area contributed by atoms with E-state index in [0.29, 0.717) is 13.1 Å². The van der Waals surface area contributed by atoms with E-state index in [4.69, 9.17) is 0 Å². The van der Waals surface area contributed by atoms with E-state index in [1.54, 1.807) is 11.1 Å². The van der Waals surface area contributed by atoms with Crippen LogP contribution in [0.15, 0.2) is 30.9 Å². The Hall–Kier alpha value is -2.42. The van der Waals surface area contributed by atoms with Gasteiger partial charge in [0.25, 0.3) is 0 Å². The first-order valence-corrected chi connectivity index (χ1v) is 11.4. The highest BCUT2D eigenvalue weighted by molar-refractivity contribution is 7.91. The lowest BCUT2D eigenvalue weighted by molar-refractivity contribution is -0.135. The fraction of sp³-hybridized carbons (Fsp3) is 0.526. The number of aryl methyl sites for hydroxylation is 1. The topological polar surface area (TPSA) is 88.4 Å². The SMILES string of the molecule is Cc1cnn(-c2ccncc2N2CCC(C(=O)N3CCS(=O)(=O)CC3)CC2)c1. The molecular weight excluding hydrogens is 378 g/mol. The van der Waals surface area contributed by atoms with Crippen molar-refractivity contribution in [2.45, 2.75) is 19.8 Å². The number of piperidine rings is 1. The molecule has 28 heavy (non-hydrogen) atoms. The molecule has 2 aromatic rings. The molecule has 0 radical (unpaired) electrons. The summed E-state index contributed by atoms with van der Waals surface area (Å²) in [4.78, 5) is 21.0. The van der Waals surface area contributed by atoms with Crippen molar-refractivity contribution in [1.82, 2.24) is 19.7 Å². The molecule has 2 aliphatic heterocycles. The van der Waals surface area contributed by atoms with Crippen LogP contribution in [-0.4, -0.2) is 71.7 Å². The summed E-state index contributed by atoms with van der Waals surface area (Å²) in [5.41, 5.74) is 3.09. The van der Waals surface area contributed by atoms with E-state index in [2.05, 4.69) is 15.0 Å². The van der Waals surface area contributed by atoms with Crippen LogP contribution >= 0.6 is 0 Å². The molecule has 0 spiro atoms. The van der Waals surface area contributed by atoms with Gasteiger partial charge in [0.2, 0.25) is 5.91 Å². The van der Waals surface area contributed by atoms with Crippen LogP contribution in [0.3, 0.4) is 0 Å². The number of hydrogen-bond acceptors (Lipinski definition) is 6. The van der Waals surface area contributed by atoms with Crippen LogP contribution < -0.4 is 4.90 Å². The molecule has 2 saturated heterocycles. The van der Waals surface area contributed by atoms with E-state index in [0.717, 1.165) is 42.9 Å². The van der Waals surface area contributed by atoms with E-state index in [-0.39, 0.29) is 23.3 Å². The summed E-state index contributed by atoms with van der Waals surface area (Å²) in [5, 5.41) is 4.41. The molecule has 9 heteroatoms. The molecule has 2 aromatic heterocycles. The lowest BCUT2D eigenvalue weighted by Gasteiger charge is -2.36. The van der Waals surface area contributed by atoms with E-state index in [9.17, 15) is 13.2 Å². The molecule has 0 N–H and O–H groups in total. The third kappa shape index (κ3) is 3.89. The smallest absolute Gasteiger partial charge is 0.225 e. The van der Waals surface area contributed by atoms with Crippen molar-refractivity contribution < 1.29 is 13.2 Å². The predicted molar refractivity (Wildman–Crippen MR) is 106 cm³/mol. The monoisotopic (exact) mass is 403 g/mol. The van der Waals surface area contributed by atoms with Gasteiger partial charge in [-0.05, 0) is 31.4 Å². The molecule has 1 amide bonds. The van der Waals surface area contributed by atoms with Crippen molar-refractivity contribution in [3.63, 3.8) is 0 Å². The van der Waals surface area contributed by atoms with Gasteiger partial charge in [0.05, 0.1) is 35.3 Å². The lowest BCUT2D eigenvalue weighted by atomic mass is 9.95. The number of sulfone groups is 1. The zero-order chi connectivity index (χ0) is 19.7.